The van der Waals surface area contributed by atoms with Crippen molar-refractivity contribution >= 4 is 29.3 Å². The van der Waals surface area contributed by atoms with Gasteiger partial charge in [-0.25, -0.2) is 0 Å². The van der Waals surface area contributed by atoms with Crippen LogP contribution in [-0.4, -0.2) is 15.6 Å². The molecule has 0 aromatic heterocycles. The monoisotopic (exact) mass is 430 g/mol. The van der Waals surface area contributed by atoms with Crippen LogP contribution in [0.1, 0.15) is 30.9 Å². The molecule has 0 aliphatic heterocycles. The summed E-state index contributed by atoms with van der Waals surface area (Å²) in [6, 6.07) is 12.8. The number of hydrogen-bond acceptors (Lipinski definition) is 5. The third-order valence-electron chi connectivity index (χ3n) is 5.32. The Morgan fingerprint density at radius 3 is 1.88 bits per heavy atom. The van der Waals surface area contributed by atoms with E-state index < -0.39 is 9.85 Å². The molecule has 3 rings (SSSR count). The Labute approximate surface area is 185 Å². The Morgan fingerprint density at radius 2 is 1.34 bits per heavy atom. The minimum absolute atomic E-state index is 0.00546. The first-order valence-corrected chi connectivity index (χ1v) is 10.2. The molecule has 7 heteroatoms. The van der Waals surface area contributed by atoms with Gasteiger partial charge in [-0.05, 0) is 48.6 Å². The highest BCUT2D eigenvalue weighted by molar-refractivity contribution is 6.09. The van der Waals surface area contributed by atoms with Crippen molar-refractivity contribution in [3.63, 3.8) is 0 Å². The first-order valence-electron chi connectivity index (χ1n) is 10.2. The summed E-state index contributed by atoms with van der Waals surface area (Å²) >= 11 is 0. The van der Waals surface area contributed by atoms with Crippen molar-refractivity contribution < 1.29 is 14.6 Å². The molecule has 2 aromatic rings. The zero-order valence-electron chi connectivity index (χ0n) is 17.5. The number of rotatable bonds is 6. The molecule has 1 aliphatic carbocycles. The third kappa shape index (κ3) is 5.31. The fraction of sp³-hybridized carbons (Fsp3) is 0.160. The first kappa shape index (κ1) is 22.6. The maximum absolute atomic E-state index is 13.0. The smallest absolute Gasteiger partial charge is 0.276 e. The fourth-order valence-electron chi connectivity index (χ4n) is 3.56. The van der Waals surface area contributed by atoms with Crippen LogP contribution in [0.3, 0.4) is 0 Å². The predicted octanol–water partition coefficient (Wildman–Crippen LogP) is 6.08. The van der Waals surface area contributed by atoms with Crippen LogP contribution in [0, 0.1) is 26.1 Å². The average molecular weight is 430 g/mol. The van der Waals surface area contributed by atoms with E-state index in [1.165, 1.54) is 12.1 Å². The zero-order valence-corrected chi connectivity index (χ0v) is 17.5. The largest absolute Gasteiger partial charge is 0.289 e. The van der Waals surface area contributed by atoms with E-state index >= 15 is 0 Å². The Morgan fingerprint density at radius 1 is 0.844 bits per heavy atom. The van der Waals surface area contributed by atoms with E-state index in [0.29, 0.717) is 28.7 Å². The Bertz CT molecular complexity index is 1170. The summed E-state index contributed by atoms with van der Waals surface area (Å²) in [5.41, 5.74) is 2.21. The Kier molecular flexibility index (Phi) is 7.23. The van der Waals surface area contributed by atoms with Crippen LogP contribution in [-0.2, 0) is 4.79 Å². The van der Waals surface area contributed by atoms with Crippen molar-refractivity contribution in [3.05, 3.63) is 115 Å². The molecule has 0 radical (unpaired) electrons. The molecule has 0 saturated heterocycles. The number of benzene rings is 2. The van der Waals surface area contributed by atoms with E-state index in [1.807, 2.05) is 6.92 Å². The number of Topliss-reactive ketones (excluding diaryl/α,β-unsaturated/α-hetero) is 1. The van der Waals surface area contributed by atoms with Crippen LogP contribution < -0.4 is 0 Å². The van der Waals surface area contributed by atoms with Crippen LogP contribution in [0.25, 0.3) is 12.2 Å². The maximum Gasteiger partial charge on any atom is 0.276 e. The average Bonchev–Trinajstić information content (AvgIpc) is 2.78. The number of hydrogen-bond donors (Lipinski definition) is 0. The van der Waals surface area contributed by atoms with Crippen molar-refractivity contribution in [1.29, 1.82) is 0 Å². The molecule has 1 fully saturated rings. The van der Waals surface area contributed by atoms with Gasteiger partial charge in [-0.3, -0.25) is 25.0 Å². The molecule has 0 heterocycles. The normalized spacial score (nSPS) is 19.3. The van der Waals surface area contributed by atoms with Gasteiger partial charge >= 0.3 is 0 Å². The molecule has 162 valence electrons. The molecule has 0 unspecified atom stereocenters. The molecule has 0 spiro atoms. The van der Waals surface area contributed by atoms with E-state index in [1.54, 1.807) is 72.9 Å². The molecule has 2 aromatic carbocycles. The topological polar surface area (TPSA) is 103 Å². The molecule has 0 bridgehead atoms. The lowest BCUT2D eigenvalue weighted by Crippen LogP contribution is -2.19. The molecular weight excluding hydrogens is 408 g/mol. The standard InChI is InChI=1S/C25H22N2O5/c1-18-16-17-21(12-6-10-19-8-2-4-14-23(19)26(29)30)25(28)22(18)13-7-11-20-9-3-5-15-24(20)27(31)32/h2-15,18H,16-17H2,1H3/b10-6-,11-7+,21-12-,22-13+/t18-/m1/s1. The van der Waals surface area contributed by atoms with Gasteiger partial charge in [0.25, 0.3) is 11.4 Å². The second-order valence-electron chi connectivity index (χ2n) is 7.43. The van der Waals surface area contributed by atoms with Crippen LogP contribution in [0.5, 0.6) is 0 Å². The van der Waals surface area contributed by atoms with Gasteiger partial charge in [0.1, 0.15) is 0 Å². The molecule has 0 amide bonds. The summed E-state index contributed by atoms with van der Waals surface area (Å²) in [6.07, 6.45) is 11.4. The lowest BCUT2D eigenvalue weighted by Gasteiger charge is -2.22. The van der Waals surface area contributed by atoms with E-state index in [4.69, 9.17) is 0 Å². The lowest BCUT2D eigenvalue weighted by atomic mass is 9.81. The predicted molar refractivity (Wildman–Crippen MR) is 124 cm³/mol. The van der Waals surface area contributed by atoms with Crippen molar-refractivity contribution in [3.8, 4) is 0 Å². The van der Waals surface area contributed by atoms with Gasteiger partial charge in [0.15, 0.2) is 5.78 Å². The molecular formula is C25H22N2O5. The highest BCUT2D eigenvalue weighted by atomic mass is 16.6. The highest BCUT2D eigenvalue weighted by Gasteiger charge is 2.25. The Balaban J connectivity index is 1.81. The number of carbonyl (C=O) groups excluding carboxylic acids is 1. The van der Waals surface area contributed by atoms with Crippen molar-refractivity contribution in [2.45, 2.75) is 19.8 Å². The van der Waals surface area contributed by atoms with E-state index in [-0.39, 0.29) is 23.1 Å². The summed E-state index contributed by atoms with van der Waals surface area (Å²) in [7, 11) is 0. The number of ketones is 1. The van der Waals surface area contributed by atoms with E-state index in [2.05, 4.69) is 0 Å². The van der Waals surface area contributed by atoms with Gasteiger partial charge in [0, 0.05) is 17.7 Å². The van der Waals surface area contributed by atoms with Gasteiger partial charge in [0.2, 0.25) is 0 Å². The van der Waals surface area contributed by atoms with Gasteiger partial charge in [-0.1, -0.05) is 55.5 Å². The molecule has 7 nitrogen and oxygen atoms in total. The first-order chi connectivity index (χ1) is 15.4. The molecule has 1 saturated carbocycles. The van der Waals surface area contributed by atoms with Crippen LogP contribution in [0.15, 0.2) is 84.0 Å². The Hall–Kier alpha value is -4.13. The number of allylic oxidation sites excluding steroid dienone is 6. The van der Waals surface area contributed by atoms with Gasteiger partial charge < -0.3 is 0 Å². The number of nitro benzene ring substituents is 2. The minimum atomic E-state index is -0.440. The third-order valence-corrected chi connectivity index (χ3v) is 5.32. The SMILES string of the molecule is C[C@@H]1CC/C(=C/C=C\c2ccccc2[N+](=O)[O-])C(=O)/C1=C/C=C/c1ccccc1[N+](=O)[O-]. The second-order valence-corrected chi connectivity index (χ2v) is 7.43. The highest BCUT2D eigenvalue weighted by Crippen LogP contribution is 2.30. The fourth-order valence-corrected chi connectivity index (χ4v) is 3.56. The van der Waals surface area contributed by atoms with Crippen LogP contribution in [0.2, 0.25) is 0 Å². The number of para-hydroxylation sites is 2. The zero-order chi connectivity index (χ0) is 23.1. The second kappa shape index (κ2) is 10.3. The lowest BCUT2D eigenvalue weighted by molar-refractivity contribution is -0.385. The molecule has 0 N–H and O–H groups in total. The van der Waals surface area contributed by atoms with Crippen LogP contribution in [0.4, 0.5) is 11.4 Å². The number of nitro groups is 2. The van der Waals surface area contributed by atoms with Crippen molar-refractivity contribution in [1.82, 2.24) is 0 Å². The minimum Gasteiger partial charge on any atom is -0.289 e. The van der Waals surface area contributed by atoms with Gasteiger partial charge in [-0.2, -0.15) is 0 Å². The summed E-state index contributed by atoms with van der Waals surface area (Å²) in [5.74, 6) is -0.0163. The molecule has 1 atom stereocenters. The molecule has 32 heavy (non-hydrogen) atoms. The number of nitrogens with zero attached hydrogens (tertiary/aromatic N) is 2. The number of carbonyl (C=O) groups is 1. The van der Waals surface area contributed by atoms with Gasteiger partial charge in [0.05, 0.1) is 21.0 Å². The van der Waals surface area contributed by atoms with Crippen molar-refractivity contribution in [2.75, 3.05) is 0 Å². The van der Waals surface area contributed by atoms with Gasteiger partial charge in [-0.15, -0.1) is 0 Å². The summed E-state index contributed by atoms with van der Waals surface area (Å²) in [4.78, 5) is 34.3. The van der Waals surface area contributed by atoms with Crippen molar-refractivity contribution in [2.24, 2.45) is 5.92 Å². The summed E-state index contributed by atoms with van der Waals surface area (Å²) < 4.78 is 0. The van der Waals surface area contributed by atoms with Crippen LogP contribution >= 0.6 is 0 Å². The van der Waals surface area contributed by atoms with E-state index in [9.17, 15) is 25.0 Å². The summed E-state index contributed by atoms with van der Waals surface area (Å²) in [5, 5.41) is 22.3. The summed E-state index contributed by atoms with van der Waals surface area (Å²) in [6.45, 7) is 1.97. The molecule has 1 aliphatic rings. The quantitative estimate of drug-likeness (QED) is 0.314. The van der Waals surface area contributed by atoms with E-state index in [0.717, 1.165) is 6.42 Å². The maximum atomic E-state index is 13.0.